The Morgan fingerprint density at radius 3 is 2.62 bits per heavy atom. The zero-order chi connectivity index (χ0) is 18.2. The van der Waals surface area contributed by atoms with Gasteiger partial charge >= 0.3 is 0 Å². The summed E-state index contributed by atoms with van der Waals surface area (Å²) in [5.74, 6) is 0.673. The van der Waals surface area contributed by atoms with Crippen molar-refractivity contribution >= 4 is 23.2 Å². The van der Waals surface area contributed by atoms with Crippen LogP contribution in [0.1, 0.15) is 18.4 Å². The van der Waals surface area contributed by atoms with Crippen molar-refractivity contribution in [2.24, 2.45) is 0 Å². The predicted molar refractivity (Wildman–Crippen MR) is 103 cm³/mol. The Balaban J connectivity index is 1.39. The van der Waals surface area contributed by atoms with Crippen LogP contribution in [0.5, 0.6) is 5.75 Å². The van der Waals surface area contributed by atoms with Crippen LogP contribution < -0.4 is 15.4 Å². The number of carbonyl (C=O) groups excluding carboxylic acids is 1. The summed E-state index contributed by atoms with van der Waals surface area (Å²) in [5.41, 5.74) is 1.79. The third kappa shape index (κ3) is 6.02. The summed E-state index contributed by atoms with van der Waals surface area (Å²) in [5, 5.41) is 6.70. The SMILES string of the molecule is O=C(CNCC1CCCO1)Nc1ccc(OCc2ccc(Cl)cc2)cc1. The lowest BCUT2D eigenvalue weighted by molar-refractivity contribution is -0.115. The molecule has 2 N–H and O–H groups in total. The number of halogens is 1. The van der Waals surface area contributed by atoms with E-state index < -0.39 is 0 Å². The van der Waals surface area contributed by atoms with Crippen LogP contribution in [0.15, 0.2) is 48.5 Å². The van der Waals surface area contributed by atoms with E-state index in [1.54, 1.807) is 0 Å². The van der Waals surface area contributed by atoms with Crippen LogP contribution in [0.3, 0.4) is 0 Å². The lowest BCUT2D eigenvalue weighted by Crippen LogP contribution is -2.33. The molecule has 0 aromatic heterocycles. The molecule has 0 aliphatic carbocycles. The highest BCUT2D eigenvalue weighted by Gasteiger charge is 2.15. The van der Waals surface area contributed by atoms with Gasteiger partial charge in [-0.2, -0.15) is 0 Å². The molecule has 1 unspecified atom stereocenters. The maximum atomic E-state index is 12.0. The van der Waals surface area contributed by atoms with Crippen LogP contribution in [0.25, 0.3) is 0 Å². The fourth-order valence-corrected chi connectivity index (χ4v) is 2.86. The van der Waals surface area contributed by atoms with Crippen molar-refractivity contribution < 1.29 is 14.3 Å². The van der Waals surface area contributed by atoms with Crippen LogP contribution in [-0.2, 0) is 16.1 Å². The quantitative estimate of drug-likeness (QED) is 0.740. The third-order valence-electron chi connectivity index (χ3n) is 4.14. The average molecular weight is 375 g/mol. The summed E-state index contributed by atoms with van der Waals surface area (Å²) in [7, 11) is 0. The topological polar surface area (TPSA) is 59.6 Å². The summed E-state index contributed by atoms with van der Waals surface area (Å²) in [4.78, 5) is 12.0. The molecule has 0 saturated carbocycles. The molecule has 1 heterocycles. The molecule has 1 saturated heterocycles. The predicted octanol–water partition coefficient (Wildman–Crippen LogP) is 3.63. The number of benzene rings is 2. The fourth-order valence-electron chi connectivity index (χ4n) is 2.74. The summed E-state index contributed by atoms with van der Waals surface area (Å²) in [6, 6.07) is 14.9. The van der Waals surface area contributed by atoms with Gasteiger partial charge in [-0.05, 0) is 54.8 Å². The Hall–Kier alpha value is -2.08. The summed E-state index contributed by atoms with van der Waals surface area (Å²) in [6.45, 7) is 2.28. The Morgan fingerprint density at radius 2 is 1.92 bits per heavy atom. The van der Waals surface area contributed by atoms with Gasteiger partial charge in [0.25, 0.3) is 0 Å². The minimum atomic E-state index is -0.0715. The van der Waals surface area contributed by atoms with Crippen molar-refractivity contribution in [3.05, 3.63) is 59.1 Å². The number of anilines is 1. The van der Waals surface area contributed by atoms with Crippen LogP contribution >= 0.6 is 11.6 Å². The van der Waals surface area contributed by atoms with Gasteiger partial charge in [0, 0.05) is 23.9 Å². The van der Waals surface area contributed by atoms with Crippen LogP contribution in [0.4, 0.5) is 5.69 Å². The van der Waals surface area contributed by atoms with Crippen LogP contribution in [-0.4, -0.2) is 31.7 Å². The first-order valence-electron chi connectivity index (χ1n) is 8.78. The molecule has 0 spiro atoms. The Kier molecular flexibility index (Phi) is 6.89. The normalized spacial score (nSPS) is 16.4. The lowest BCUT2D eigenvalue weighted by Gasteiger charge is -2.11. The van der Waals surface area contributed by atoms with Gasteiger partial charge in [-0.15, -0.1) is 0 Å². The summed E-state index contributed by atoms with van der Waals surface area (Å²) in [6.07, 6.45) is 2.40. The maximum absolute atomic E-state index is 12.0. The van der Waals surface area contributed by atoms with E-state index in [4.69, 9.17) is 21.1 Å². The Labute approximate surface area is 158 Å². The van der Waals surface area contributed by atoms with Crippen molar-refractivity contribution in [1.29, 1.82) is 0 Å². The van der Waals surface area contributed by atoms with E-state index in [-0.39, 0.29) is 18.6 Å². The number of amides is 1. The molecule has 1 atom stereocenters. The first-order chi connectivity index (χ1) is 12.7. The average Bonchev–Trinajstić information content (AvgIpc) is 3.16. The number of carbonyl (C=O) groups is 1. The van der Waals surface area contributed by atoms with E-state index in [0.717, 1.165) is 36.4 Å². The molecular weight excluding hydrogens is 352 g/mol. The van der Waals surface area contributed by atoms with Crippen molar-refractivity contribution in [3.8, 4) is 5.75 Å². The van der Waals surface area contributed by atoms with E-state index in [0.29, 0.717) is 18.2 Å². The van der Waals surface area contributed by atoms with Gasteiger partial charge < -0.3 is 20.1 Å². The molecule has 1 amide bonds. The van der Waals surface area contributed by atoms with E-state index >= 15 is 0 Å². The van der Waals surface area contributed by atoms with Crippen LogP contribution in [0.2, 0.25) is 5.02 Å². The second kappa shape index (κ2) is 9.57. The fraction of sp³-hybridized carbons (Fsp3) is 0.350. The molecular formula is C20H23ClN2O3. The highest BCUT2D eigenvalue weighted by Crippen LogP contribution is 2.18. The smallest absolute Gasteiger partial charge is 0.238 e. The number of ether oxygens (including phenoxy) is 2. The highest BCUT2D eigenvalue weighted by molar-refractivity contribution is 6.30. The zero-order valence-corrected chi connectivity index (χ0v) is 15.3. The molecule has 0 bridgehead atoms. The van der Waals surface area contributed by atoms with Crippen molar-refractivity contribution in [3.63, 3.8) is 0 Å². The molecule has 1 fully saturated rings. The first kappa shape index (κ1) is 18.7. The summed E-state index contributed by atoms with van der Waals surface area (Å²) >= 11 is 5.87. The first-order valence-corrected chi connectivity index (χ1v) is 9.16. The minimum absolute atomic E-state index is 0.0715. The molecule has 5 nitrogen and oxygen atoms in total. The molecule has 26 heavy (non-hydrogen) atoms. The summed E-state index contributed by atoms with van der Waals surface area (Å²) < 4.78 is 11.2. The number of nitrogens with one attached hydrogen (secondary N) is 2. The van der Waals surface area contributed by atoms with Gasteiger partial charge in [0.15, 0.2) is 0 Å². The van der Waals surface area contributed by atoms with Gasteiger partial charge in [0.2, 0.25) is 5.91 Å². The Morgan fingerprint density at radius 1 is 1.15 bits per heavy atom. The second-order valence-electron chi connectivity index (χ2n) is 6.25. The molecule has 0 radical (unpaired) electrons. The van der Waals surface area contributed by atoms with E-state index in [9.17, 15) is 4.79 Å². The second-order valence-corrected chi connectivity index (χ2v) is 6.69. The van der Waals surface area contributed by atoms with E-state index in [1.807, 2.05) is 48.5 Å². The molecule has 1 aliphatic rings. The number of hydrogen-bond donors (Lipinski definition) is 2. The van der Waals surface area contributed by atoms with Gasteiger partial charge in [-0.1, -0.05) is 23.7 Å². The van der Waals surface area contributed by atoms with Gasteiger partial charge in [-0.25, -0.2) is 0 Å². The molecule has 2 aromatic rings. The molecule has 138 valence electrons. The Bertz CT molecular complexity index is 698. The zero-order valence-electron chi connectivity index (χ0n) is 14.5. The van der Waals surface area contributed by atoms with Crippen molar-refractivity contribution in [1.82, 2.24) is 5.32 Å². The van der Waals surface area contributed by atoms with Crippen molar-refractivity contribution in [2.75, 3.05) is 25.0 Å². The highest BCUT2D eigenvalue weighted by atomic mass is 35.5. The van der Waals surface area contributed by atoms with Crippen molar-refractivity contribution in [2.45, 2.75) is 25.6 Å². The molecule has 1 aliphatic heterocycles. The van der Waals surface area contributed by atoms with Crippen LogP contribution in [0, 0.1) is 0 Å². The largest absolute Gasteiger partial charge is 0.489 e. The monoisotopic (exact) mass is 374 g/mol. The van der Waals surface area contributed by atoms with E-state index in [2.05, 4.69) is 10.6 Å². The third-order valence-corrected chi connectivity index (χ3v) is 4.39. The van der Waals surface area contributed by atoms with E-state index in [1.165, 1.54) is 0 Å². The molecule has 6 heteroatoms. The van der Waals surface area contributed by atoms with Gasteiger partial charge in [0.1, 0.15) is 12.4 Å². The minimum Gasteiger partial charge on any atom is -0.489 e. The number of rotatable bonds is 8. The number of hydrogen-bond acceptors (Lipinski definition) is 4. The lowest BCUT2D eigenvalue weighted by atomic mass is 10.2. The maximum Gasteiger partial charge on any atom is 0.238 e. The molecule has 2 aromatic carbocycles. The molecule has 3 rings (SSSR count). The van der Waals surface area contributed by atoms with Gasteiger partial charge in [-0.3, -0.25) is 4.79 Å². The standard InChI is InChI=1S/C20H23ClN2O3/c21-16-5-3-15(4-6-16)14-26-18-9-7-17(8-10-18)23-20(24)13-22-12-19-2-1-11-25-19/h3-10,19,22H,1-2,11-14H2,(H,23,24). The van der Waals surface area contributed by atoms with Gasteiger partial charge in [0.05, 0.1) is 12.6 Å².